The van der Waals surface area contributed by atoms with Gasteiger partial charge in [-0.25, -0.2) is 9.37 Å². The van der Waals surface area contributed by atoms with Crippen molar-refractivity contribution in [2.75, 3.05) is 7.11 Å². The predicted octanol–water partition coefficient (Wildman–Crippen LogP) is 4.87. The first-order valence-corrected chi connectivity index (χ1v) is 8.87. The standard InChI is InChI=1S/C20H18FNO3S/c1-12-11-22-20(26-12)17(10-19(23)24)14-5-3-4-13(8-14)16-9-15(21)6-7-18(16)25-2/h3-9,11,17H,10H2,1-2H3,(H,23,24). The normalized spacial score (nSPS) is 12.0. The van der Waals surface area contributed by atoms with Crippen LogP contribution in [0.3, 0.4) is 0 Å². The number of aryl methyl sites for hydroxylation is 1. The summed E-state index contributed by atoms with van der Waals surface area (Å²) in [7, 11) is 1.53. The smallest absolute Gasteiger partial charge is 0.304 e. The van der Waals surface area contributed by atoms with Gasteiger partial charge >= 0.3 is 5.97 Å². The second-order valence-corrected chi connectivity index (χ2v) is 7.20. The topological polar surface area (TPSA) is 59.4 Å². The van der Waals surface area contributed by atoms with Crippen molar-refractivity contribution in [3.8, 4) is 16.9 Å². The van der Waals surface area contributed by atoms with Crippen molar-refractivity contribution in [3.63, 3.8) is 0 Å². The van der Waals surface area contributed by atoms with Gasteiger partial charge in [0.1, 0.15) is 16.6 Å². The number of rotatable bonds is 6. The lowest BCUT2D eigenvalue weighted by Crippen LogP contribution is -2.08. The van der Waals surface area contributed by atoms with E-state index < -0.39 is 5.97 Å². The molecule has 6 heteroatoms. The number of carbonyl (C=O) groups is 1. The first-order chi connectivity index (χ1) is 12.5. The van der Waals surface area contributed by atoms with Crippen LogP contribution in [0, 0.1) is 12.7 Å². The molecule has 0 radical (unpaired) electrons. The van der Waals surface area contributed by atoms with Crippen LogP contribution in [0.25, 0.3) is 11.1 Å². The zero-order valence-electron chi connectivity index (χ0n) is 14.4. The molecule has 0 aliphatic carbocycles. The number of aliphatic carboxylic acids is 1. The Balaban J connectivity index is 2.07. The van der Waals surface area contributed by atoms with E-state index in [9.17, 15) is 14.3 Å². The summed E-state index contributed by atoms with van der Waals surface area (Å²) in [6, 6.07) is 11.8. The first kappa shape index (κ1) is 18.1. The van der Waals surface area contributed by atoms with Crippen LogP contribution in [0.5, 0.6) is 5.75 Å². The molecule has 4 nitrogen and oxygen atoms in total. The largest absolute Gasteiger partial charge is 0.496 e. The number of hydrogen-bond acceptors (Lipinski definition) is 4. The summed E-state index contributed by atoms with van der Waals surface area (Å²) >= 11 is 1.49. The number of methoxy groups -OCH3 is 1. The Hall–Kier alpha value is -2.73. The van der Waals surface area contributed by atoms with Crippen molar-refractivity contribution in [3.05, 3.63) is 69.9 Å². The van der Waals surface area contributed by atoms with E-state index in [0.717, 1.165) is 21.0 Å². The Morgan fingerprint density at radius 3 is 2.77 bits per heavy atom. The molecule has 1 aromatic heterocycles. The number of benzene rings is 2. The summed E-state index contributed by atoms with van der Waals surface area (Å²) in [5, 5.41) is 10.1. The lowest BCUT2D eigenvalue weighted by atomic mass is 9.92. The molecule has 0 amide bonds. The summed E-state index contributed by atoms with van der Waals surface area (Å²) in [5.41, 5.74) is 2.21. The summed E-state index contributed by atoms with van der Waals surface area (Å²) in [6.07, 6.45) is 1.69. The number of halogens is 1. The molecule has 134 valence electrons. The first-order valence-electron chi connectivity index (χ1n) is 8.06. The minimum absolute atomic E-state index is 0.0588. The quantitative estimate of drug-likeness (QED) is 0.671. The highest BCUT2D eigenvalue weighted by Crippen LogP contribution is 2.36. The highest BCUT2D eigenvalue weighted by atomic mass is 32.1. The summed E-state index contributed by atoms with van der Waals surface area (Å²) in [6.45, 7) is 1.94. The van der Waals surface area contributed by atoms with E-state index in [2.05, 4.69) is 4.98 Å². The predicted molar refractivity (Wildman–Crippen MR) is 99.3 cm³/mol. The maximum absolute atomic E-state index is 13.7. The Morgan fingerprint density at radius 1 is 1.31 bits per heavy atom. The number of nitrogens with zero attached hydrogens (tertiary/aromatic N) is 1. The van der Waals surface area contributed by atoms with E-state index >= 15 is 0 Å². The molecule has 1 atom stereocenters. The molecule has 26 heavy (non-hydrogen) atoms. The number of aromatic nitrogens is 1. The van der Waals surface area contributed by atoms with Crippen LogP contribution in [-0.2, 0) is 4.79 Å². The van der Waals surface area contributed by atoms with Crippen LogP contribution in [0.4, 0.5) is 4.39 Å². The van der Waals surface area contributed by atoms with Gasteiger partial charge in [-0.3, -0.25) is 4.79 Å². The maximum atomic E-state index is 13.7. The fourth-order valence-electron chi connectivity index (χ4n) is 2.88. The van der Waals surface area contributed by atoms with Gasteiger partial charge in [-0.15, -0.1) is 11.3 Å². The minimum atomic E-state index is -0.892. The van der Waals surface area contributed by atoms with Gasteiger partial charge in [0.25, 0.3) is 0 Å². The highest BCUT2D eigenvalue weighted by Gasteiger charge is 2.22. The third-order valence-corrected chi connectivity index (χ3v) is 5.10. The van der Waals surface area contributed by atoms with E-state index in [-0.39, 0.29) is 18.2 Å². The molecule has 0 fully saturated rings. The summed E-state index contributed by atoms with van der Waals surface area (Å²) in [4.78, 5) is 16.8. The van der Waals surface area contributed by atoms with Gasteiger partial charge in [-0.1, -0.05) is 24.3 Å². The van der Waals surface area contributed by atoms with Crippen LogP contribution in [0.15, 0.2) is 48.7 Å². The molecule has 1 heterocycles. The van der Waals surface area contributed by atoms with E-state index in [1.165, 1.54) is 30.6 Å². The van der Waals surface area contributed by atoms with E-state index in [1.807, 2.05) is 31.2 Å². The van der Waals surface area contributed by atoms with E-state index in [1.54, 1.807) is 12.3 Å². The Labute approximate surface area is 154 Å². The molecule has 2 aromatic carbocycles. The summed E-state index contributed by atoms with van der Waals surface area (Å²) in [5.74, 6) is -1.05. The van der Waals surface area contributed by atoms with Gasteiger partial charge in [0.15, 0.2) is 0 Å². The van der Waals surface area contributed by atoms with Crippen molar-refractivity contribution < 1.29 is 19.0 Å². The van der Waals surface area contributed by atoms with Gasteiger partial charge in [0.2, 0.25) is 0 Å². The molecule has 1 unspecified atom stereocenters. The van der Waals surface area contributed by atoms with Crippen molar-refractivity contribution in [1.82, 2.24) is 4.98 Å². The van der Waals surface area contributed by atoms with Crippen molar-refractivity contribution in [1.29, 1.82) is 0 Å². The Morgan fingerprint density at radius 2 is 2.12 bits per heavy atom. The third-order valence-electron chi connectivity index (χ3n) is 4.08. The number of ether oxygens (including phenoxy) is 1. The third kappa shape index (κ3) is 3.91. The van der Waals surface area contributed by atoms with E-state index in [4.69, 9.17) is 4.74 Å². The van der Waals surface area contributed by atoms with Crippen molar-refractivity contribution >= 4 is 17.3 Å². The molecular weight excluding hydrogens is 353 g/mol. The number of carboxylic acid groups (broad SMARTS) is 1. The monoisotopic (exact) mass is 371 g/mol. The zero-order valence-corrected chi connectivity index (χ0v) is 15.2. The maximum Gasteiger partial charge on any atom is 0.304 e. The van der Waals surface area contributed by atoms with Gasteiger partial charge in [-0.05, 0) is 36.2 Å². The molecule has 0 saturated heterocycles. The number of thiazole rings is 1. The van der Waals surface area contributed by atoms with Gasteiger partial charge < -0.3 is 9.84 Å². The van der Waals surface area contributed by atoms with Crippen LogP contribution in [-0.4, -0.2) is 23.2 Å². The molecule has 1 N–H and O–H groups in total. The fraction of sp³-hybridized carbons (Fsp3) is 0.200. The fourth-order valence-corrected chi connectivity index (χ4v) is 3.79. The number of hydrogen-bond donors (Lipinski definition) is 1. The second-order valence-electron chi connectivity index (χ2n) is 5.93. The van der Waals surface area contributed by atoms with Crippen LogP contribution >= 0.6 is 11.3 Å². The molecule has 3 rings (SSSR count). The molecule has 0 aliphatic rings. The van der Waals surface area contributed by atoms with Crippen molar-refractivity contribution in [2.24, 2.45) is 0 Å². The zero-order chi connectivity index (χ0) is 18.7. The Bertz CT molecular complexity index is 938. The molecule has 0 bridgehead atoms. The van der Waals surface area contributed by atoms with Crippen LogP contribution in [0.1, 0.15) is 27.8 Å². The van der Waals surface area contributed by atoms with E-state index in [0.29, 0.717) is 11.3 Å². The van der Waals surface area contributed by atoms with Gasteiger partial charge in [0.05, 0.1) is 13.5 Å². The Kier molecular flexibility index (Phi) is 5.32. The molecule has 3 aromatic rings. The average Bonchev–Trinajstić information content (AvgIpc) is 3.05. The summed E-state index contributed by atoms with van der Waals surface area (Å²) < 4.78 is 19.1. The SMILES string of the molecule is COc1ccc(F)cc1-c1cccc(C(CC(=O)O)c2ncc(C)s2)c1. The molecular formula is C20H18FNO3S. The van der Waals surface area contributed by atoms with Crippen LogP contribution < -0.4 is 4.74 Å². The van der Waals surface area contributed by atoms with Crippen LogP contribution in [0.2, 0.25) is 0 Å². The second kappa shape index (κ2) is 7.66. The van der Waals surface area contributed by atoms with Gasteiger partial charge in [-0.2, -0.15) is 0 Å². The lowest BCUT2D eigenvalue weighted by Gasteiger charge is -2.15. The lowest BCUT2D eigenvalue weighted by molar-refractivity contribution is -0.137. The number of carboxylic acids is 1. The minimum Gasteiger partial charge on any atom is -0.496 e. The average molecular weight is 371 g/mol. The van der Waals surface area contributed by atoms with Gasteiger partial charge in [0, 0.05) is 22.6 Å². The molecule has 0 aliphatic heterocycles. The highest BCUT2D eigenvalue weighted by molar-refractivity contribution is 7.11. The van der Waals surface area contributed by atoms with Crippen molar-refractivity contribution in [2.45, 2.75) is 19.3 Å². The molecule has 0 saturated carbocycles. The molecule has 0 spiro atoms.